The molecule has 1 aliphatic rings. The lowest BCUT2D eigenvalue weighted by molar-refractivity contribution is 0.0939. The lowest BCUT2D eigenvalue weighted by atomic mass is 9.89. The van der Waals surface area contributed by atoms with E-state index in [2.05, 4.69) is 10.3 Å². The Labute approximate surface area is 119 Å². The Balaban J connectivity index is 1.65. The van der Waals surface area contributed by atoms with Crippen LogP contribution < -0.4 is 5.32 Å². The third-order valence-corrected chi connectivity index (χ3v) is 4.11. The summed E-state index contributed by atoms with van der Waals surface area (Å²) in [4.78, 5) is 16.5. The Kier molecular flexibility index (Phi) is 3.72. The number of imidazole rings is 1. The summed E-state index contributed by atoms with van der Waals surface area (Å²) in [5.74, 6) is 0.587. The summed E-state index contributed by atoms with van der Waals surface area (Å²) in [6.45, 7) is 2.81. The molecular formula is C16H21N3O. The van der Waals surface area contributed by atoms with Crippen LogP contribution in [0.25, 0.3) is 5.65 Å². The molecule has 0 saturated heterocycles. The zero-order valence-electron chi connectivity index (χ0n) is 11.9. The third-order valence-electron chi connectivity index (χ3n) is 4.11. The summed E-state index contributed by atoms with van der Waals surface area (Å²) in [7, 11) is 0. The SMILES string of the molecule is Cc1ccc2nc(C(=O)NCC3CCCCC3)cn2c1. The van der Waals surface area contributed by atoms with E-state index in [9.17, 15) is 4.79 Å². The molecule has 3 rings (SSSR count). The van der Waals surface area contributed by atoms with Gasteiger partial charge in [-0.3, -0.25) is 4.79 Å². The number of nitrogens with zero attached hydrogens (tertiary/aromatic N) is 2. The zero-order chi connectivity index (χ0) is 13.9. The monoisotopic (exact) mass is 271 g/mol. The zero-order valence-corrected chi connectivity index (χ0v) is 11.9. The standard InChI is InChI=1S/C16H21N3O/c1-12-7-8-15-18-14(11-19(15)10-12)16(20)17-9-13-5-3-2-4-6-13/h7-8,10-11,13H,2-6,9H2,1H3,(H,17,20). The fraction of sp³-hybridized carbons (Fsp3) is 0.500. The van der Waals surface area contributed by atoms with Crippen molar-refractivity contribution in [2.75, 3.05) is 6.54 Å². The summed E-state index contributed by atoms with van der Waals surface area (Å²) in [6, 6.07) is 3.94. The molecule has 0 atom stereocenters. The molecule has 2 aromatic rings. The Morgan fingerprint density at radius 1 is 1.30 bits per heavy atom. The van der Waals surface area contributed by atoms with Crippen LogP contribution in [0.3, 0.4) is 0 Å². The summed E-state index contributed by atoms with van der Waals surface area (Å²) in [5, 5.41) is 3.03. The molecule has 2 heterocycles. The fourth-order valence-electron chi connectivity index (χ4n) is 2.93. The second-order valence-electron chi connectivity index (χ2n) is 5.81. The van der Waals surface area contributed by atoms with E-state index in [0.717, 1.165) is 17.8 Å². The minimum atomic E-state index is -0.0584. The average Bonchev–Trinajstić information content (AvgIpc) is 2.89. The van der Waals surface area contributed by atoms with Crippen LogP contribution in [-0.4, -0.2) is 21.8 Å². The largest absolute Gasteiger partial charge is 0.350 e. The lowest BCUT2D eigenvalue weighted by Gasteiger charge is -2.21. The Hall–Kier alpha value is -1.84. The molecule has 0 unspecified atom stereocenters. The number of hydrogen-bond acceptors (Lipinski definition) is 2. The van der Waals surface area contributed by atoms with Gasteiger partial charge in [-0.2, -0.15) is 0 Å². The van der Waals surface area contributed by atoms with E-state index < -0.39 is 0 Å². The molecule has 0 radical (unpaired) electrons. The van der Waals surface area contributed by atoms with Crippen molar-refractivity contribution < 1.29 is 4.79 Å². The normalized spacial score (nSPS) is 16.4. The highest BCUT2D eigenvalue weighted by molar-refractivity contribution is 5.92. The molecule has 1 aliphatic carbocycles. The predicted molar refractivity (Wildman–Crippen MR) is 78.8 cm³/mol. The Morgan fingerprint density at radius 2 is 2.10 bits per heavy atom. The highest BCUT2D eigenvalue weighted by atomic mass is 16.1. The number of carbonyl (C=O) groups is 1. The van der Waals surface area contributed by atoms with E-state index in [-0.39, 0.29) is 5.91 Å². The number of pyridine rings is 1. The van der Waals surface area contributed by atoms with Gasteiger partial charge in [-0.1, -0.05) is 25.3 Å². The first kappa shape index (κ1) is 13.2. The van der Waals surface area contributed by atoms with Gasteiger partial charge in [-0.25, -0.2) is 4.98 Å². The van der Waals surface area contributed by atoms with Crippen LogP contribution in [0.1, 0.15) is 48.2 Å². The lowest BCUT2D eigenvalue weighted by Crippen LogP contribution is -2.30. The smallest absolute Gasteiger partial charge is 0.271 e. The summed E-state index contributed by atoms with van der Waals surface area (Å²) >= 11 is 0. The third kappa shape index (κ3) is 2.84. The number of aromatic nitrogens is 2. The van der Waals surface area contributed by atoms with Crippen LogP contribution >= 0.6 is 0 Å². The first-order valence-electron chi connectivity index (χ1n) is 7.46. The molecule has 4 nitrogen and oxygen atoms in total. The molecule has 0 spiro atoms. The minimum Gasteiger partial charge on any atom is -0.350 e. The first-order chi connectivity index (χ1) is 9.72. The van der Waals surface area contributed by atoms with Crippen LogP contribution in [0.2, 0.25) is 0 Å². The number of nitrogens with one attached hydrogen (secondary N) is 1. The van der Waals surface area contributed by atoms with Gasteiger partial charge in [-0.15, -0.1) is 0 Å². The predicted octanol–water partition coefficient (Wildman–Crippen LogP) is 2.95. The van der Waals surface area contributed by atoms with Gasteiger partial charge >= 0.3 is 0 Å². The van der Waals surface area contributed by atoms with Crippen molar-refractivity contribution in [2.45, 2.75) is 39.0 Å². The van der Waals surface area contributed by atoms with E-state index in [0.29, 0.717) is 11.6 Å². The summed E-state index contributed by atoms with van der Waals surface area (Å²) < 4.78 is 1.91. The second kappa shape index (κ2) is 5.65. The van der Waals surface area contributed by atoms with Crippen molar-refractivity contribution in [3.63, 3.8) is 0 Å². The van der Waals surface area contributed by atoms with Crippen molar-refractivity contribution in [1.29, 1.82) is 0 Å². The van der Waals surface area contributed by atoms with Gasteiger partial charge in [0.1, 0.15) is 11.3 Å². The number of fused-ring (bicyclic) bond motifs is 1. The van der Waals surface area contributed by atoms with Crippen LogP contribution in [0.4, 0.5) is 0 Å². The molecule has 1 amide bonds. The van der Waals surface area contributed by atoms with Crippen molar-refractivity contribution in [1.82, 2.24) is 14.7 Å². The molecule has 0 bridgehead atoms. The molecule has 1 saturated carbocycles. The first-order valence-corrected chi connectivity index (χ1v) is 7.46. The fourth-order valence-corrected chi connectivity index (χ4v) is 2.93. The molecule has 106 valence electrons. The van der Waals surface area contributed by atoms with Crippen molar-refractivity contribution in [3.05, 3.63) is 35.8 Å². The number of hydrogen-bond donors (Lipinski definition) is 1. The van der Waals surface area contributed by atoms with Crippen molar-refractivity contribution >= 4 is 11.6 Å². The maximum atomic E-state index is 12.2. The second-order valence-corrected chi connectivity index (χ2v) is 5.81. The van der Waals surface area contributed by atoms with Crippen molar-refractivity contribution in [2.24, 2.45) is 5.92 Å². The van der Waals surface area contributed by atoms with Gasteiger partial charge in [0.05, 0.1) is 0 Å². The highest BCUT2D eigenvalue weighted by Crippen LogP contribution is 2.22. The van der Waals surface area contributed by atoms with Gasteiger partial charge < -0.3 is 9.72 Å². The highest BCUT2D eigenvalue weighted by Gasteiger charge is 2.16. The van der Waals surface area contributed by atoms with E-state index in [1.54, 1.807) is 6.20 Å². The molecule has 0 aliphatic heterocycles. The van der Waals surface area contributed by atoms with Gasteiger partial charge in [0, 0.05) is 18.9 Å². The van der Waals surface area contributed by atoms with E-state index in [4.69, 9.17) is 0 Å². The van der Waals surface area contributed by atoms with E-state index in [1.165, 1.54) is 32.1 Å². The molecule has 20 heavy (non-hydrogen) atoms. The number of carbonyl (C=O) groups excluding carboxylic acids is 1. The topological polar surface area (TPSA) is 46.4 Å². The van der Waals surface area contributed by atoms with Gasteiger partial charge in [0.2, 0.25) is 0 Å². The van der Waals surface area contributed by atoms with Crippen molar-refractivity contribution in [3.8, 4) is 0 Å². The average molecular weight is 271 g/mol. The van der Waals surface area contributed by atoms with Gasteiger partial charge in [0.15, 0.2) is 0 Å². The Morgan fingerprint density at radius 3 is 2.90 bits per heavy atom. The molecule has 1 N–H and O–H groups in total. The van der Waals surface area contributed by atoms with Crippen LogP contribution in [0, 0.1) is 12.8 Å². The maximum Gasteiger partial charge on any atom is 0.271 e. The van der Waals surface area contributed by atoms with E-state index >= 15 is 0 Å². The summed E-state index contributed by atoms with van der Waals surface area (Å²) in [6.07, 6.45) is 10.2. The molecule has 4 heteroatoms. The molecule has 1 fully saturated rings. The number of amides is 1. The van der Waals surface area contributed by atoms with Gasteiger partial charge in [0.25, 0.3) is 5.91 Å². The Bertz CT molecular complexity index is 611. The summed E-state index contributed by atoms with van der Waals surface area (Å²) in [5.41, 5.74) is 2.48. The number of rotatable bonds is 3. The van der Waals surface area contributed by atoms with Crippen LogP contribution in [0.15, 0.2) is 24.5 Å². The molecular weight excluding hydrogens is 250 g/mol. The maximum absolute atomic E-state index is 12.2. The van der Waals surface area contributed by atoms with Crippen LogP contribution in [-0.2, 0) is 0 Å². The molecule has 2 aromatic heterocycles. The minimum absolute atomic E-state index is 0.0584. The van der Waals surface area contributed by atoms with Crippen LogP contribution in [0.5, 0.6) is 0 Å². The number of aryl methyl sites for hydroxylation is 1. The van der Waals surface area contributed by atoms with E-state index in [1.807, 2.05) is 29.7 Å². The quantitative estimate of drug-likeness (QED) is 0.933. The van der Waals surface area contributed by atoms with Gasteiger partial charge in [-0.05, 0) is 37.3 Å². The molecule has 0 aromatic carbocycles.